The fourth-order valence-electron chi connectivity index (χ4n) is 2.83. The van der Waals surface area contributed by atoms with Crippen LogP contribution in [-0.4, -0.2) is 32.0 Å². The lowest BCUT2D eigenvalue weighted by molar-refractivity contribution is 0.169. The van der Waals surface area contributed by atoms with Crippen LogP contribution in [0.15, 0.2) is 24.6 Å². The summed E-state index contributed by atoms with van der Waals surface area (Å²) in [6.07, 6.45) is 10.4. The third kappa shape index (κ3) is 11.7. The van der Waals surface area contributed by atoms with E-state index in [-0.39, 0.29) is 0 Å². The SMILES string of the molecule is C=C[Si](C)(C)O[Si](CCCCCCCCCC)(OCC)O[Si](C)(C)C=C. The first-order chi connectivity index (χ1) is 12.2. The van der Waals surface area contributed by atoms with Crippen molar-refractivity contribution in [3.05, 3.63) is 24.6 Å². The molecule has 0 aromatic heterocycles. The van der Waals surface area contributed by atoms with Crippen molar-refractivity contribution in [3.63, 3.8) is 0 Å². The molecular weight excluding hydrogens is 372 g/mol. The van der Waals surface area contributed by atoms with Gasteiger partial charge in [-0.05, 0) is 39.5 Å². The van der Waals surface area contributed by atoms with Gasteiger partial charge in [-0.25, -0.2) is 0 Å². The molecule has 0 aliphatic heterocycles. The molecule has 0 radical (unpaired) electrons. The highest BCUT2D eigenvalue weighted by atomic mass is 28.5. The Morgan fingerprint density at radius 3 is 1.50 bits per heavy atom. The van der Waals surface area contributed by atoms with Crippen LogP contribution in [0.1, 0.15) is 65.2 Å². The summed E-state index contributed by atoms with van der Waals surface area (Å²) in [5, 5.41) is 0. The second-order valence-corrected chi connectivity index (χ2v) is 19.2. The zero-order valence-corrected chi connectivity index (χ0v) is 21.4. The van der Waals surface area contributed by atoms with Crippen LogP contribution in [0.4, 0.5) is 0 Å². The van der Waals surface area contributed by atoms with E-state index in [2.05, 4.69) is 46.3 Å². The number of rotatable bonds is 17. The van der Waals surface area contributed by atoms with Gasteiger partial charge in [0.15, 0.2) is 0 Å². The Labute approximate surface area is 166 Å². The number of unbranched alkanes of at least 4 members (excludes halogenated alkanes) is 7. The molecule has 6 heteroatoms. The van der Waals surface area contributed by atoms with Gasteiger partial charge in [0.25, 0.3) is 0 Å². The van der Waals surface area contributed by atoms with Crippen molar-refractivity contribution in [2.45, 2.75) is 97.4 Å². The van der Waals surface area contributed by atoms with Crippen molar-refractivity contribution < 1.29 is 12.7 Å². The molecule has 0 N–H and O–H groups in total. The quantitative estimate of drug-likeness (QED) is 0.189. The van der Waals surface area contributed by atoms with Crippen molar-refractivity contribution in [2.24, 2.45) is 0 Å². The van der Waals surface area contributed by atoms with Crippen molar-refractivity contribution >= 4 is 25.4 Å². The smallest absolute Gasteiger partial charge is 0.412 e. The molecule has 0 spiro atoms. The molecule has 0 unspecified atom stereocenters. The highest BCUT2D eigenvalue weighted by Crippen LogP contribution is 2.28. The topological polar surface area (TPSA) is 27.7 Å². The van der Waals surface area contributed by atoms with E-state index in [1.165, 1.54) is 44.9 Å². The average molecular weight is 417 g/mol. The third-order valence-corrected chi connectivity index (χ3v) is 14.9. The zero-order valence-electron chi connectivity index (χ0n) is 18.4. The Hall–Kier alpha value is 0.0106. The lowest BCUT2D eigenvalue weighted by atomic mass is 10.1. The van der Waals surface area contributed by atoms with Crippen LogP contribution in [-0.2, 0) is 12.7 Å². The van der Waals surface area contributed by atoms with Gasteiger partial charge >= 0.3 is 8.80 Å². The van der Waals surface area contributed by atoms with Crippen LogP contribution in [0, 0.1) is 0 Å². The maximum absolute atomic E-state index is 6.61. The highest BCUT2D eigenvalue weighted by molar-refractivity contribution is 6.89. The summed E-state index contributed by atoms with van der Waals surface area (Å²) in [5.74, 6) is 0. The fourth-order valence-corrected chi connectivity index (χ4v) is 13.0. The maximum Gasteiger partial charge on any atom is 0.480 e. The molecule has 0 aliphatic carbocycles. The maximum atomic E-state index is 6.61. The van der Waals surface area contributed by atoms with Gasteiger partial charge in [0.1, 0.15) is 0 Å². The van der Waals surface area contributed by atoms with Crippen LogP contribution < -0.4 is 0 Å². The van der Waals surface area contributed by atoms with Gasteiger partial charge in [-0.1, -0.05) is 63.3 Å². The summed E-state index contributed by atoms with van der Waals surface area (Å²) in [5.41, 5.74) is 3.96. The Balaban J connectivity index is 4.83. The molecule has 0 amide bonds. The molecule has 3 nitrogen and oxygen atoms in total. The Kier molecular flexibility index (Phi) is 13.2. The van der Waals surface area contributed by atoms with Gasteiger partial charge in [-0.3, -0.25) is 0 Å². The first-order valence-electron chi connectivity index (χ1n) is 10.5. The van der Waals surface area contributed by atoms with Crippen LogP contribution >= 0.6 is 0 Å². The summed E-state index contributed by atoms with van der Waals surface area (Å²) < 4.78 is 19.5. The van der Waals surface area contributed by atoms with Crippen LogP contribution in [0.25, 0.3) is 0 Å². The van der Waals surface area contributed by atoms with E-state index in [1.807, 2.05) is 18.3 Å². The molecule has 0 heterocycles. The summed E-state index contributed by atoms with van der Waals surface area (Å²) >= 11 is 0. The molecular formula is C20H44O3Si3. The predicted molar refractivity (Wildman–Crippen MR) is 122 cm³/mol. The van der Waals surface area contributed by atoms with E-state index >= 15 is 0 Å². The first-order valence-corrected chi connectivity index (χ1v) is 18.4. The van der Waals surface area contributed by atoms with E-state index < -0.39 is 25.4 Å². The number of hydrogen-bond donors (Lipinski definition) is 0. The second kappa shape index (κ2) is 13.2. The predicted octanol–water partition coefficient (Wildman–Crippen LogP) is 7.00. The second-order valence-electron chi connectivity index (χ2n) is 8.16. The largest absolute Gasteiger partial charge is 0.480 e. The van der Waals surface area contributed by atoms with Gasteiger partial charge in [-0.2, -0.15) is 0 Å². The van der Waals surface area contributed by atoms with Gasteiger partial charge in [0.2, 0.25) is 16.6 Å². The molecule has 0 fully saturated rings. The molecule has 0 aromatic carbocycles. The molecule has 26 heavy (non-hydrogen) atoms. The molecule has 0 bridgehead atoms. The zero-order chi connectivity index (χ0) is 20.1. The molecule has 154 valence electrons. The Morgan fingerprint density at radius 2 is 1.12 bits per heavy atom. The van der Waals surface area contributed by atoms with Crippen molar-refractivity contribution in [2.75, 3.05) is 6.61 Å². The summed E-state index contributed by atoms with van der Waals surface area (Å²) in [4.78, 5) is 0. The lowest BCUT2D eigenvalue weighted by Crippen LogP contribution is -2.57. The molecule has 0 saturated carbocycles. The van der Waals surface area contributed by atoms with Crippen molar-refractivity contribution in [1.29, 1.82) is 0 Å². The minimum Gasteiger partial charge on any atom is -0.412 e. The van der Waals surface area contributed by atoms with Crippen LogP contribution in [0.5, 0.6) is 0 Å². The molecule has 0 saturated heterocycles. The fraction of sp³-hybridized carbons (Fsp3) is 0.800. The van der Waals surface area contributed by atoms with Crippen LogP contribution in [0.2, 0.25) is 32.2 Å². The standard InChI is InChI=1S/C20H44O3Si3/c1-9-13-14-15-16-17-18-19-20-26(21-10-2,22-24(5,6)11-3)23-25(7,8)12-4/h11-12H,3-4,9-10,13-20H2,1-2,5-8H3. The van der Waals surface area contributed by atoms with Crippen molar-refractivity contribution in [3.8, 4) is 0 Å². The van der Waals surface area contributed by atoms with Crippen molar-refractivity contribution in [1.82, 2.24) is 0 Å². The van der Waals surface area contributed by atoms with Gasteiger partial charge in [-0.15, -0.1) is 13.2 Å². The number of hydrogen-bond acceptors (Lipinski definition) is 3. The normalized spacial score (nSPS) is 13.0. The summed E-state index contributed by atoms with van der Waals surface area (Å²) in [6.45, 7) is 21.6. The van der Waals surface area contributed by atoms with E-state index in [0.29, 0.717) is 6.61 Å². The molecule has 0 aromatic rings. The monoisotopic (exact) mass is 416 g/mol. The Morgan fingerprint density at radius 1 is 0.692 bits per heavy atom. The molecule has 0 atom stereocenters. The summed E-state index contributed by atoms with van der Waals surface area (Å²) in [7, 11) is -6.69. The van der Waals surface area contributed by atoms with Crippen LogP contribution in [0.3, 0.4) is 0 Å². The molecule has 0 aliphatic rings. The minimum absolute atomic E-state index is 0.631. The van der Waals surface area contributed by atoms with E-state index in [4.69, 9.17) is 12.7 Å². The lowest BCUT2D eigenvalue weighted by Gasteiger charge is -2.39. The van der Waals surface area contributed by atoms with Gasteiger partial charge < -0.3 is 12.7 Å². The molecule has 0 rings (SSSR count). The van der Waals surface area contributed by atoms with Gasteiger partial charge in [0, 0.05) is 12.7 Å². The highest BCUT2D eigenvalue weighted by Gasteiger charge is 2.47. The first kappa shape index (κ1) is 26.0. The van der Waals surface area contributed by atoms with E-state index in [9.17, 15) is 0 Å². The van der Waals surface area contributed by atoms with Gasteiger partial charge in [0.05, 0.1) is 0 Å². The van der Waals surface area contributed by atoms with E-state index in [1.54, 1.807) is 0 Å². The third-order valence-electron chi connectivity index (χ3n) is 4.52. The van der Waals surface area contributed by atoms with E-state index in [0.717, 1.165) is 12.5 Å². The minimum atomic E-state index is -2.71. The summed E-state index contributed by atoms with van der Waals surface area (Å²) in [6, 6.07) is 0.907. The Bertz CT molecular complexity index is 376. The average Bonchev–Trinajstić information content (AvgIpc) is 2.57.